The van der Waals surface area contributed by atoms with Gasteiger partial charge in [0, 0.05) is 38.4 Å². The number of aryl methyl sites for hydroxylation is 1. The first kappa shape index (κ1) is 13.7. The predicted octanol–water partition coefficient (Wildman–Crippen LogP) is 3.42. The molecule has 0 N–H and O–H groups in total. The summed E-state index contributed by atoms with van der Waals surface area (Å²) in [7, 11) is 0. The number of benzene rings is 1. The molecule has 1 aromatic heterocycles. The molecule has 0 unspecified atom stereocenters. The number of para-hydroxylation sites is 1. The highest BCUT2D eigenvalue weighted by atomic mass is 32.1. The van der Waals surface area contributed by atoms with Gasteiger partial charge in [-0.2, -0.15) is 11.3 Å². The third-order valence-corrected chi connectivity index (χ3v) is 4.86. The van der Waals surface area contributed by atoms with E-state index in [0.717, 1.165) is 13.1 Å². The molecule has 1 aromatic carbocycles. The second-order valence-corrected chi connectivity index (χ2v) is 6.28. The van der Waals surface area contributed by atoms with Crippen LogP contribution in [0.1, 0.15) is 11.1 Å². The van der Waals surface area contributed by atoms with Crippen molar-refractivity contribution in [2.24, 2.45) is 0 Å². The van der Waals surface area contributed by atoms with Crippen LogP contribution in [0.3, 0.4) is 0 Å². The molecule has 0 aliphatic carbocycles. The molecular weight excluding hydrogens is 264 g/mol. The van der Waals surface area contributed by atoms with Gasteiger partial charge in [0.25, 0.3) is 0 Å². The lowest BCUT2D eigenvalue weighted by Crippen LogP contribution is -2.47. The number of nitrogens with zero attached hydrogens (tertiary/aromatic N) is 2. The Balaban J connectivity index is 1.51. The Bertz CT molecular complexity index is 528. The van der Waals surface area contributed by atoms with E-state index < -0.39 is 0 Å². The third-order valence-electron chi connectivity index (χ3n) is 4.13. The highest BCUT2D eigenvalue weighted by Crippen LogP contribution is 2.20. The largest absolute Gasteiger partial charge is 0.369 e. The average Bonchev–Trinajstić information content (AvgIpc) is 3.00. The summed E-state index contributed by atoms with van der Waals surface area (Å²) in [6.07, 6.45) is 1.19. The predicted molar refractivity (Wildman–Crippen MR) is 87.9 cm³/mol. The van der Waals surface area contributed by atoms with Crippen LogP contribution in [0.5, 0.6) is 0 Å². The first-order chi connectivity index (χ1) is 9.83. The molecule has 0 amide bonds. The lowest BCUT2D eigenvalue weighted by molar-refractivity contribution is 0.261. The molecule has 1 fully saturated rings. The van der Waals surface area contributed by atoms with E-state index in [0.29, 0.717) is 0 Å². The average molecular weight is 286 g/mol. The smallest absolute Gasteiger partial charge is 0.0396 e. The van der Waals surface area contributed by atoms with E-state index in [-0.39, 0.29) is 0 Å². The molecule has 1 aliphatic rings. The van der Waals surface area contributed by atoms with Crippen LogP contribution in [0.4, 0.5) is 5.69 Å². The zero-order chi connectivity index (χ0) is 13.8. The summed E-state index contributed by atoms with van der Waals surface area (Å²) in [6.45, 7) is 8.05. The fourth-order valence-electron chi connectivity index (χ4n) is 2.85. The topological polar surface area (TPSA) is 6.48 Å². The number of hydrogen-bond donors (Lipinski definition) is 0. The first-order valence-electron chi connectivity index (χ1n) is 7.37. The maximum atomic E-state index is 2.59. The minimum absolute atomic E-state index is 1.15. The van der Waals surface area contributed by atoms with Crippen LogP contribution < -0.4 is 4.90 Å². The van der Waals surface area contributed by atoms with E-state index >= 15 is 0 Å². The Kier molecular flexibility index (Phi) is 4.38. The number of anilines is 1. The van der Waals surface area contributed by atoms with Gasteiger partial charge in [-0.15, -0.1) is 0 Å². The summed E-state index contributed by atoms with van der Waals surface area (Å²) >= 11 is 1.80. The van der Waals surface area contributed by atoms with Crippen molar-refractivity contribution in [3.8, 4) is 0 Å². The molecule has 1 aliphatic heterocycles. The normalized spacial score (nSPS) is 16.6. The number of piperazine rings is 1. The molecule has 2 aromatic rings. The van der Waals surface area contributed by atoms with Gasteiger partial charge in [0.15, 0.2) is 0 Å². The van der Waals surface area contributed by atoms with Gasteiger partial charge in [-0.3, -0.25) is 4.90 Å². The van der Waals surface area contributed by atoms with E-state index in [2.05, 4.69) is 57.8 Å². The van der Waals surface area contributed by atoms with Crippen LogP contribution in [0.2, 0.25) is 0 Å². The zero-order valence-electron chi connectivity index (χ0n) is 12.1. The lowest BCUT2D eigenvalue weighted by atomic mass is 10.1. The van der Waals surface area contributed by atoms with Crippen LogP contribution in [0, 0.1) is 6.92 Å². The van der Waals surface area contributed by atoms with Crippen molar-refractivity contribution in [1.82, 2.24) is 4.90 Å². The van der Waals surface area contributed by atoms with Crippen molar-refractivity contribution in [3.05, 3.63) is 52.2 Å². The quantitative estimate of drug-likeness (QED) is 0.850. The molecule has 3 heteroatoms. The van der Waals surface area contributed by atoms with Gasteiger partial charge in [0.05, 0.1) is 0 Å². The molecule has 0 bridgehead atoms. The molecule has 0 atom stereocenters. The van der Waals surface area contributed by atoms with Crippen molar-refractivity contribution < 1.29 is 0 Å². The molecule has 1 saturated heterocycles. The second-order valence-electron chi connectivity index (χ2n) is 5.50. The Morgan fingerprint density at radius 1 is 1.05 bits per heavy atom. The van der Waals surface area contributed by atoms with E-state index in [1.807, 2.05) is 0 Å². The summed E-state index contributed by atoms with van der Waals surface area (Å²) in [5, 5.41) is 4.44. The van der Waals surface area contributed by atoms with E-state index in [9.17, 15) is 0 Å². The van der Waals surface area contributed by atoms with Crippen LogP contribution in [-0.4, -0.2) is 37.6 Å². The minimum Gasteiger partial charge on any atom is -0.369 e. The maximum Gasteiger partial charge on any atom is 0.0396 e. The van der Waals surface area contributed by atoms with Gasteiger partial charge in [-0.1, -0.05) is 18.2 Å². The van der Waals surface area contributed by atoms with Crippen LogP contribution in [0.25, 0.3) is 0 Å². The Hall–Kier alpha value is -1.32. The number of thiophene rings is 1. The number of rotatable bonds is 4. The van der Waals surface area contributed by atoms with Crippen molar-refractivity contribution in [1.29, 1.82) is 0 Å². The standard InChI is InChI=1S/C17H22N2S/c1-15-4-2-3-5-17(15)19-11-9-18(10-12-19)8-6-16-7-13-20-14-16/h2-5,7,13-14H,6,8-12H2,1H3. The maximum absolute atomic E-state index is 2.59. The lowest BCUT2D eigenvalue weighted by Gasteiger charge is -2.36. The summed E-state index contributed by atoms with van der Waals surface area (Å²) in [5.41, 5.74) is 4.28. The molecule has 3 rings (SSSR count). The molecule has 2 nitrogen and oxygen atoms in total. The Labute approximate surface area is 125 Å². The summed E-state index contributed by atoms with van der Waals surface area (Å²) in [6, 6.07) is 11.0. The molecule has 0 saturated carbocycles. The van der Waals surface area contributed by atoms with Gasteiger partial charge in [-0.25, -0.2) is 0 Å². The monoisotopic (exact) mass is 286 g/mol. The molecule has 106 valence electrons. The molecular formula is C17H22N2S. The van der Waals surface area contributed by atoms with Crippen LogP contribution in [-0.2, 0) is 6.42 Å². The fraction of sp³-hybridized carbons (Fsp3) is 0.412. The molecule has 0 spiro atoms. The SMILES string of the molecule is Cc1ccccc1N1CCN(CCc2ccsc2)CC1. The second kappa shape index (κ2) is 6.42. The third kappa shape index (κ3) is 3.22. The highest BCUT2D eigenvalue weighted by Gasteiger charge is 2.17. The Morgan fingerprint density at radius 2 is 1.85 bits per heavy atom. The zero-order valence-corrected chi connectivity index (χ0v) is 12.9. The summed E-state index contributed by atoms with van der Waals surface area (Å²) in [5.74, 6) is 0. The summed E-state index contributed by atoms with van der Waals surface area (Å²) in [4.78, 5) is 5.11. The van der Waals surface area contributed by atoms with Gasteiger partial charge in [0.2, 0.25) is 0 Å². The van der Waals surface area contributed by atoms with Crippen LogP contribution >= 0.6 is 11.3 Å². The van der Waals surface area contributed by atoms with Gasteiger partial charge in [-0.05, 0) is 47.4 Å². The highest BCUT2D eigenvalue weighted by molar-refractivity contribution is 7.07. The van der Waals surface area contributed by atoms with Gasteiger partial charge < -0.3 is 4.90 Å². The molecule has 20 heavy (non-hydrogen) atoms. The minimum atomic E-state index is 1.15. The van der Waals surface area contributed by atoms with E-state index in [1.54, 1.807) is 11.3 Å². The van der Waals surface area contributed by atoms with Gasteiger partial charge in [0.1, 0.15) is 0 Å². The molecule has 2 heterocycles. The van der Waals surface area contributed by atoms with Crippen molar-refractivity contribution in [3.63, 3.8) is 0 Å². The van der Waals surface area contributed by atoms with Crippen molar-refractivity contribution >= 4 is 17.0 Å². The van der Waals surface area contributed by atoms with E-state index in [4.69, 9.17) is 0 Å². The van der Waals surface area contributed by atoms with Crippen LogP contribution in [0.15, 0.2) is 41.1 Å². The summed E-state index contributed by atoms with van der Waals surface area (Å²) < 4.78 is 0. The first-order valence-corrected chi connectivity index (χ1v) is 8.31. The van der Waals surface area contributed by atoms with Gasteiger partial charge >= 0.3 is 0 Å². The van der Waals surface area contributed by atoms with E-state index in [1.165, 1.54) is 42.9 Å². The van der Waals surface area contributed by atoms with Crippen molar-refractivity contribution in [2.75, 3.05) is 37.6 Å². The Morgan fingerprint density at radius 3 is 2.55 bits per heavy atom. The van der Waals surface area contributed by atoms with Crippen molar-refractivity contribution in [2.45, 2.75) is 13.3 Å². The number of hydrogen-bond acceptors (Lipinski definition) is 3. The fourth-order valence-corrected chi connectivity index (χ4v) is 3.56. The molecule has 0 radical (unpaired) electrons.